The molecule has 3 heteroatoms. The number of allylic oxidation sites excluding steroid dienone is 1. The average molecular weight is 198 g/mol. The highest BCUT2D eigenvalue weighted by Gasteiger charge is 1.97. The minimum atomic E-state index is -0.0673. The Bertz CT molecular complexity index is 188. The maximum absolute atomic E-state index is 11.2. The number of hydrogen-bond acceptors (Lipinski definition) is 1. The summed E-state index contributed by atoms with van der Waals surface area (Å²) in [5.41, 5.74) is 1.21. The van der Waals surface area contributed by atoms with Crippen molar-refractivity contribution in [2.24, 2.45) is 0 Å². The van der Waals surface area contributed by atoms with Crippen LogP contribution in [0.4, 0.5) is 4.79 Å². The summed E-state index contributed by atoms with van der Waals surface area (Å²) >= 11 is 0. The van der Waals surface area contributed by atoms with Crippen LogP contribution in [0.25, 0.3) is 0 Å². The molecule has 0 unspecified atom stereocenters. The van der Waals surface area contributed by atoms with Crippen LogP contribution in [0.3, 0.4) is 0 Å². The Balaban J connectivity index is 3.48. The Morgan fingerprint density at radius 2 is 2.00 bits per heavy atom. The van der Waals surface area contributed by atoms with Crippen molar-refractivity contribution in [3.63, 3.8) is 0 Å². The molecular weight excluding hydrogens is 176 g/mol. The summed E-state index contributed by atoms with van der Waals surface area (Å²) < 4.78 is 0. The third kappa shape index (κ3) is 7.65. The zero-order valence-corrected chi connectivity index (χ0v) is 9.52. The van der Waals surface area contributed by atoms with Crippen molar-refractivity contribution in [2.75, 3.05) is 13.1 Å². The van der Waals surface area contributed by atoms with E-state index in [0.717, 1.165) is 25.8 Å². The van der Waals surface area contributed by atoms with E-state index >= 15 is 0 Å². The highest BCUT2D eigenvalue weighted by Crippen LogP contribution is 1.92. The monoisotopic (exact) mass is 198 g/mol. The average Bonchev–Trinajstić information content (AvgIpc) is 2.16. The number of unbranched alkanes of at least 4 members (excludes halogenated alkanes) is 1. The number of urea groups is 1. The van der Waals surface area contributed by atoms with E-state index in [0.29, 0.717) is 6.54 Å². The number of rotatable bonds is 6. The van der Waals surface area contributed by atoms with Crippen molar-refractivity contribution >= 4 is 6.03 Å². The van der Waals surface area contributed by atoms with Crippen LogP contribution in [0.2, 0.25) is 0 Å². The predicted molar refractivity (Wildman–Crippen MR) is 60.4 cm³/mol. The second-order valence-corrected chi connectivity index (χ2v) is 3.42. The van der Waals surface area contributed by atoms with Crippen LogP contribution in [0.1, 0.15) is 40.0 Å². The summed E-state index contributed by atoms with van der Waals surface area (Å²) in [6.45, 7) is 7.62. The van der Waals surface area contributed by atoms with Gasteiger partial charge in [-0.2, -0.15) is 0 Å². The van der Waals surface area contributed by atoms with Gasteiger partial charge in [-0.25, -0.2) is 4.79 Å². The molecule has 0 aromatic carbocycles. The molecule has 0 aromatic rings. The van der Waals surface area contributed by atoms with Gasteiger partial charge in [0.05, 0.1) is 0 Å². The molecule has 0 saturated carbocycles. The van der Waals surface area contributed by atoms with Crippen molar-refractivity contribution < 1.29 is 4.79 Å². The summed E-state index contributed by atoms with van der Waals surface area (Å²) in [5, 5.41) is 5.61. The molecule has 0 heterocycles. The van der Waals surface area contributed by atoms with E-state index in [9.17, 15) is 4.79 Å². The molecule has 0 saturated heterocycles. The van der Waals surface area contributed by atoms with Crippen molar-refractivity contribution in [1.29, 1.82) is 0 Å². The zero-order chi connectivity index (χ0) is 10.8. The van der Waals surface area contributed by atoms with Crippen LogP contribution in [0.15, 0.2) is 11.6 Å². The normalized spacial score (nSPS) is 11.2. The van der Waals surface area contributed by atoms with Gasteiger partial charge in [0.2, 0.25) is 0 Å². The van der Waals surface area contributed by atoms with E-state index in [1.54, 1.807) is 0 Å². The molecule has 0 aliphatic rings. The van der Waals surface area contributed by atoms with Crippen LogP contribution in [-0.4, -0.2) is 19.1 Å². The smallest absolute Gasteiger partial charge is 0.315 e. The Hall–Kier alpha value is -0.990. The van der Waals surface area contributed by atoms with Gasteiger partial charge in [0, 0.05) is 13.1 Å². The van der Waals surface area contributed by atoms with E-state index < -0.39 is 0 Å². The first-order chi connectivity index (χ1) is 6.70. The van der Waals surface area contributed by atoms with Crippen LogP contribution in [0, 0.1) is 0 Å². The highest BCUT2D eigenvalue weighted by atomic mass is 16.2. The first-order valence-corrected chi connectivity index (χ1v) is 5.38. The fourth-order valence-corrected chi connectivity index (χ4v) is 1.08. The van der Waals surface area contributed by atoms with Gasteiger partial charge in [-0.3, -0.25) is 0 Å². The fourth-order valence-electron chi connectivity index (χ4n) is 1.08. The maximum Gasteiger partial charge on any atom is 0.315 e. The Morgan fingerprint density at radius 3 is 2.57 bits per heavy atom. The number of nitrogens with one attached hydrogen (secondary N) is 2. The molecule has 0 atom stereocenters. The van der Waals surface area contributed by atoms with Crippen molar-refractivity contribution in [3.8, 4) is 0 Å². The number of carbonyl (C=O) groups excluding carboxylic acids is 1. The van der Waals surface area contributed by atoms with E-state index in [1.807, 2.05) is 6.92 Å². The fraction of sp³-hybridized carbons (Fsp3) is 0.727. The van der Waals surface area contributed by atoms with Gasteiger partial charge in [-0.1, -0.05) is 31.9 Å². The minimum absolute atomic E-state index is 0.0673. The summed E-state index contributed by atoms with van der Waals surface area (Å²) in [7, 11) is 0. The van der Waals surface area contributed by atoms with Crippen LogP contribution < -0.4 is 10.6 Å². The van der Waals surface area contributed by atoms with E-state index in [2.05, 4.69) is 30.6 Å². The van der Waals surface area contributed by atoms with Gasteiger partial charge >= 0.3 is 6.03 Å². The molecule has 14 heavy (non-hydrogen) atoms. The van der Waals surface area contributed by atoms with Crippen LogP contribution in [0.5, 0.6) is 0 Å². The molecular formula is C11H22N2O. The first-order valence-electron chi connectivity index (χ1n) is 5.38. The second kappa shape index (κ2) is 8.60. The first kappa shape index (κ1) is 13.0. The molecule has 0 radical (unpaired) electrons. The van der Waals surface area contributed by atoms with Gasteiger partial charge in [0.25, 0.3) is 0 Å². The molecule has 0 spiro atoms. The lowest BCUT2D eigenvalue weighted by Crippen LogP contribution is -2.36. The molecule has 0 aromatic heterocycles. The lowest BCUT2D eigenvalue weighted by atomic mass is 10.2. The molecule has 2 N–H and O–H groups in total. The van der Waals surface area contributed by atoms with E-state index in [4.69, 9.17) is 0 Å². The second-order valence-electron chi connectivity index (χ2n) is 3.42. The Morgan fingerprint density at radius 1 is 1.29 bits per heavy atom. The maximum atomic E-state index is 11.2. The largest absolute Gasteiger partial charge is 0.338 e. The summed E-state index contributed by atoms with van der Waals surface area (Å²) in [6, 6.07) is -0.0673. The molecule has 0 aliphatic carbocycles. The van der Waals surface area contributed by atoms with Crippen molar-refractivity contribution in [2.45, 2.75) is 40.0 Å². The third-order valence-electron chi connectivity index (χ3n) is 1.90. The molecule has 0 rings (SSSR count). The topological polar surface area (TPSA) is 41.1 Å². The van der Waals surface area contributed by atoms with Crippen molar-refractivity contribution in [1.82, 2.24) is 10.6 Å². The Labute approximate surface area is 87.0 Å². The lowest BCUT2D eigenvalue weighted by molar-refractivity contribution is 0.241. The van der Waals surface area contributed by atoms with Crippen LogP contribution >= 0.6 is 0 Å². The van der Waals surface area contributed by atoms with Crippen LogP contribution in [-0.2, 0) is 0 Å². The van der Waals surface area contributed by atoms with Gasteiger partial charge in [-0.15, -0.1) is 0 Å². The number of carbonyl (C=O) groups is 1. The quantitative estimate of drug-likeness (QED) is 0.499. The van der Waals surface area contributed by atoms with Gasteiger partial charge < -0.3 is 10.6 Å². The zero-order valence-electron chi connectivity index (χ0n) is 9.52. The summed E-state index contributed by atoms with van der Waals surface area (Å²) in [5.74, 6) is 0. The van der Waals surface area contributed by atoms with E-state index in [-0.39, 0.29) is 6.03 Å². The summed E-state index contributed by atoms with van der Waals surface area (Å²) in [4.78, 5) is 11.2. The third-order valence-corrected chi connectivity index (χ3v) is 1.90. The molecule has 82 valence electrons. The molecule has 0 fully saturated rings. The lowest BCUT2D eigenvalue weighted by Gasteiger charge is -2.06. The van der Waals surface area contributed by atoms with Crippen molar-refractivity contribution in [3.05, 3.63) is 11.6 Å². The number of amides is 2. The molecule has 0 bridgehead atoms. The van der Waals surface area contributed by atoms with Gasteiger partial charge in [-0.05, 0) is 19.8 Å². The number of hydrogen-bond donors (Lipinski definition) is 2. The summed E-state index contributed by atoms with van der Waals surface area (Å²) in [6.07, 6.45) is 5.28. The van der Waals surface area contributed by atoms with E-state index in [1.165, 1.54) is 5.57 Å². The molecule has 3 nitrogen and oxygen atoms in total. The Kier molecular flexibility index (Phi) is 7.99. The minimum Gasteiger partial charge on any atom is -0.338 e. The molecule has 2 amide bonds. The highest BCUT2D eigenvalue weighted by molar-refractivity contribution is 5.74. The SMILES string of the molecule is CCC=C(C)CNC(=O)NCCCC. The standard InChI is InChI=1S/C11H22N2O/c1-4-6-8-12-11(14)13-9-10(3)7-5-2/h7H,4-6,8-9H2,1-3H3,(H2,12,13,14). The molecule has 0 aliphatic heterocycles. The predicted octanol–water partition coefficient (Wildman–Crippen LogP) is 2.44. The van der Waals surface area contributed by atoms with Gasteiger partial charge in [0.1, 0.15) is 0 Å². The van der Waals surface area contributed by atoms with Gasteiger partial charge in [0.15, 0.2) is 0 Å².